The van der Waals surface area contributed by atoms with E-state index in [9.17, 15) is 4.79 Å². The van der Waals surface area contributed by atoms with Crippen molar-refractivity contribution in [2.24, 2.45) is 5.41 Å². The maximum atomic E-state index is 13.0. The van der Waals surface area contributed by atoms with E-state index in [2.05, 4.69) is 17.0 Å². The van der Waals surface area contributed by atoms with Crippen LogP contribution in [0.4, 0.5) is 5.69 Å². The van der Waals surface area contributed by atoms with E-state index in [1.807, 2.05) is 30.3 Å². The molecule has 2 nitrogen and oxygen atoms in total. The van der Waals surface area contributed by atoms with Crippen LogP contribution in [0.1, 0.15) is 48.0 Å². The van der Waals surface area contributed by atoms with Gasteiger partial charge in [-0.1, -0.05) is 49.6 Å². The first-order valence-electron chi connectivity index (χ1n) is 8.37. The smallest absolute Gasteiger partial charge is 0.187 e. The fourth-order valence-electron chi connectivity index (χ4n) is 4.24. The van der Waals surface area contributed by atoms with Gasteiger partial charge in [0.25, 0.3) is 0 Å². The molecule has 0 amide bonds. The van der Waals surface area contributed by atoms with Gasteiger partial charge in [-0.2, -0.15) is 0 Å². The van der Waals surface area contributed by atoms with Gasteiger partial charge < -0.3 is 0 Å². The van der Waals surface area contributed by atoms with Gasteiger partial charge in [0, 0.05) is 11.0 Å². The molecule has 0 aromatic heterocycles. The van der Waals surface area contributed by atoms with Gasteiger partial charge in [-0.15, -0.1) is 0 Å². The van der Waals surface area contributed by atoms with Gasteiger partial charge in [0.1, 0.15) is 0 Å². The van der Waals surface area contributed by atoms with Crippen molar-refractivity contribution < 1.29 is 4.79 Å². The molecule has 0 saturated heterocycles. The lowest BCUT2D eigenvalue weighted by atomic mass is 9.71. The average molecular weight is 301 g/mol. The number of carbonyl (C=O) groups excluding carboxylic acids is 1. The van der Waals surface area contributed by atoms with Gasteiger partial charge in [-0.05, 0) is 48.1 Å². The lowest BCUT2D eigenvalue weighted by Crippen LogP contribution is -2.30. The third kappa shape index (κ3) is 2.28. The molecule has 0 aliphatic heterocycles. The number of fused-ring (bicyclic) bond motifs is 1. The van der Waals surface area contributed by atoms with Crippen LogP contribution < -0.4 is 0 Å². The number of hydrogen-bond acceptors (Lipinski definition) is 1. The molecule has 4 rings (SSSR count). The van der Waals surface area contributed by atoms with E-state index in [1.54, 1.807) is 0 Å². The molecule has 0 heterocycles. The molecule has 0 bridgehead atoms. The summed E-state index contributed by atoms with van der Waals surface area (Å²) in [7, 11) is 0. The maximum Gasteiger partial charge on any atom is 0.187 e. The van der Waals surface area contributed by atoms with E-state index in [0.717, 1.165) is 36.0 Å². The van der Waals surface area contributed by atoms with E-state index in [0.29, 0.717) is 11.5 Å². The van der Waals surface area contributed by atoms with Gasteiger partial charge in [-0.3, -0.25) is 4.79 Å². The highest BCUT2D eigenvalue weighted by molar-refractivity contribution is 6.05. The van der Waals surface area contributed by atoms with Gasteiger partial charge >= 0.3 is 0 Å². The number of hydrogen-bond donors (Lipinski definition) is 0. The molecule has 23 heavy (non-hydrogen) atoms. The van der Waals surface area contributed by atoms with E-state index in [-0.39, 0.29) is 5.41 Å². The van der Waals surface area contributed by atoms with Crippen molar-refractivity contribution in [3.8, 4) is 11.1 Å². The molecule has 114 valence electrons. The fourth-order valence-corrected chi connectivity index (χ4v) is 4.24. The van der Waals surface area contributed by atoms with Crippen LogP contribution in [0.25, 0.3) is 16.0 Å². The topological polar surface area (TPSA) is 21.4 Å². The number of Topliss-reactive ketones (excluding diaryl/α,β-unsaturated/α-hetero) is 1. The van der Waals surface area contributed by atoms with Crippen LogP contribution in [0.15, 0.2) is 42.5 Å². The molecule has 2 aromatic rings. The predicted molar refractivity (Wildman–Crippen MR) is 91.7 cm³/mol. The Kier molecular flexibility index (Phi) is 3.31. The maximum absolute atomic E-state index is 13.0. The Morgan fingerprint density at radius 2 is 1.74 bits per heavy atom. The van der Waals surface area contributed by atoms with Crippen molar-refractivity contribution >= 4 is 11.5 Å². The van der Waals surface area contributed by atoms with Crippen LogP contribution in [0.2, 0.25) is 0 Å². The number of rotatable bonds is 1. The zero-order valence-corrected chi connectivity index (χ0v) is 13.1. The summed E-state index contributed by atoms with van der Waals surface area (Å²) in [6.45, 7) is 7.16. The highest BCUT2D eigenvalue weighted by Crippen LogP contribution is 2.47. The van der Waals surface area contributed by atoms with Crippen molar-refractivity contribution in [2.45, 2.75) is 38.5 Å². The van der Waals surface area contributed by atoms with Crippen molar-refractivity contribution in [1.82, 2.24) is 0 Å². The van der Waals surface area contributed by atoms with Crippen LogP contribution in [0.5, 0.6) is 0 Å². The molecule has 1 spiro atoms. The Morgan fingerprint density at radius 3 is 2.52 bits per heavy atom. The molecule has 1 saturated carbocycles. The van der Waals surface area contributed by atoms with Gasteiger partial charge in [0.15, 0.2) is 11.5 Å². The summed E-state index contributed by atoms with van der Waals surface area (Å²) in [6, 6.07) is 13.9. The first kappa shape index (κ1) is 14.2. The third-order valence-corrected chi connectivity index (χ3v) is 5.48. The molecule has 2 aliphatic carbocycles. The number of benzene rings is 2. The van der Waals surface area contributed by atoms with Crippen LogP contribution in [-0.4, -0.2) is 5.78 Å². The summed E-state index contributed by atoms with van der Waals surface area (Å²) in [6.07, 6.45) is 6.63. The summed E-state index contributed by atoms with van der Waals surface area (Å²) >= 11 is 0. The minimum Gasteiger partial charge on any atom is -0.294 e. The normalized spacial score (nSPS) is 18.7. The molecule has 0 N–H and O–H groups in total. The lowest BCUT2D eigenvalue weighted by Gasteiger charge is -2.31. The first-order valence-corrected chi connectivity index (χ1v) is 8.37. The second-order valence-corrected chi connectivity index (χ2v) is 6.88. The fraction of sp³-hybridized carbons (Fsp3) is 0.333. The number of carbonyl (C=O) groups is 1. The van der Waals surface area contributed by atoms with Crippen LogP contribution >= 0.6 is 0 Å². The Hall–Kier alpha value is -2.40. The van der Waals surface area contributed by atoms with Crippen molar-refractivity contribution in [1.29, 1.82) is 0 Å². The second kappa shape index (κ2) is 5.35. The van der Waals surface area contributed by atoms with Gasteiger partial charge in [-0.25, -0.2) is 4.85 Å². The molecular formula is C21H19NO. The second-order valence-electron chi connectivity index (χ2n) is 6.88. The SMILES string of the molecule is [C-]#[N+]c1cccc(-c2ccc3c(c2)C(=O)C2(CCCCC2)C3)c1. The molecular weight excluding hydrogens is 282 g/mol. The number of ketones is 1. The standard InChI is InChI=1S/C21H19NO/c1-22-18-7-5-6-15(12-18)16-8-9-17-14-21(10-3-2-4-11-21)20(23)19(17)13-16/h5-9,12-13H,2-4,10-11,14H2. The molecule has 2 aliphatic rings. The molecule has 0 radical (unpaired) electrons. The van der Waals surface area contributed by atoms with Crippen molar-refractivity contribution in [3.05, 3.63) is 65.0 Å². The Labute approximate surface area is 137 Å². The van der Waals surface area contributed by atoms with Gasteiger partial charge in [0.2, 0.25) is 0 Å². The Balaban J connectivity index is 1.73. The predicted octanol–water partition coefficient (Wildman–Crippen LogP) is 5.59. The Morgan fingerprint density at radius 1 is 0.957 bits per heavy atom. The molecule has 1 fully saturated rings. The van der Waals surface area contributed by atoms with Crippen LogP contribution in [0, 0.1) is 12.0 Å². The largest absolute Gasteiger partial charge is 0.294 e. The zero-order valence-electron chi connectivity index (χ0n) is 13.1. The minimum atomic E-state index is -0.114. The summed E-state index contributed by atoms with van der Waals surface area (Å²) in [5.74, 6) is 0.357. The summed E-state index contributed by atoms with van der Waals surface area (Å²) in [5, 5.41) is 0. The first-order chi connectivity index (χ1) is 11.2. The van der Waals surface area contributed by atoms with E-state index in [1.165, 1.54) is 24.8 Å². The summed E-state index contributed by atoms with van der Waals surface area (Å²) in [4.78, 5) is 16.5. The van der Waals surface area contributed by atoms with Crippen LogP contribution in [-0.2, 0) is 6.42 Å². The monoisotopic (exact) mass is 301 g/mol. The molecule has 2 heteroatoms. The summed E-state index contributed by atoms with van der Waals surface area (Å²) < 4.78 is 0. The molecule has 0 atom stereocenters. The molecule has 0 unspecified atom stereocenters. The highest BCUT2D eigenvalue weighted by Gasteiger charge is 2.45. The number of nitrogens with zero attached hydrogens (tertiary/aromatic N) is 1. The third-order valence-electron chi connectivity index (χ3n) is 5.48. The van der Waals surface area contributed by atoms with Crippen molar-refractivity contribution in [3.63, 3.8) is 0 Å². The Bertz CT molecular complexity index is 822. The van der Waals surface area contributed by atoms with E-state index in [4.69, 9.17) is 6.57 Å². The van der Waals surface area contributed by atoms with Gasteiger partial charge in [0.05, 0.1) is 6.57 Å². The highest BCUT2D eigenvalue weighted by atomic mass is 16.1. The summed E-state index contributed by atoms with van der Waals surface area (Å²) in [5.41, 5.74) is 4.70. The van der Waals surface area contributed by atoms with E-state index < -0.39 is 0 Å². The minimum absolute atomic E-state index is 0.114. The van der Waals surface area contributed by atoms with Crippen molar-refractivity contribution in [2.75, 3.05) is 0 Å². The zero-order chi connectivity index (χ0) is 15.9. The van der Waals surface area contributed by atoms with E-state index >= 15 is 0 Å². The molecule has 2 aromatic carbocycles. The quantitative estimate of drug-likeness (QED) is 0.629. The lowest BCUT2D eigenvalue weighted by molar-refractivity contribution is 0.0748. The van der Waals surface area contributed by atoms with Crippen LogP contribution in [0.3, 0.4) is 0 Å². The average Bonchev–Trinajstić information content (AvgIpc) is 2.87.